The first-order valence-electron chi connectivity index (χ1n) is 8.25. The van der Waals surface area contributed by atoms with E-state index in [-0.39, 0.29) is 5.41 Å². The second-order valence-corrected chi connectivity index (χ2v) is 7.45. The molecule has 0 atom stereocenters. The minimum absolute atomic E-state index is 0.0372. The first-order valence-corrected chi connectivity index (χ1v) is 8.25. The number of piperidine rings is 1. The van der Waals surface area contributed by atoms with Gasteiger partial charge >= 0.3 is 0 Å². The average Bonchev–Trinajstić information content (AvgIpc) is 3.11. The normalized spacial score (nSPS) is 30.6. The Bertz CT molecular complexity index is 617. The Morgan fingerprint density at radius 2 is 1.32 bits per heavy atom. The lowest BCUT2D eigenvalue weighted by atomic mass is 9.63. The fourth-order valence-electron chi connectivity index (χ4n) is 4.87. The number of quaternary nitrogens is 1. The molecule has 114 valence electrons. The van der Waals surface area contributed by atoms with Crippen LogP contribution in [0.25, 0.3) is 0 Å². The van der Waals surface area contributed by atoms with Gasteiger partial charge in [-0.2, -0.15) is 0 Å². The van der Waals surface area contributed by atoms with Gasteiger partial charge in [-0.1, -0.05) is 60.7 Å². The van der Waals surface area contributed by atoms with Crippen molar-refractivity contribution in [2.75, 3.05) is 26.7 Å². The van der Waals surface area contributed by atoms with Gasteiger partial charge in [-0.25, -0.2) is 0 Å². The third-order valence-electron chi connectivity index (χ3n) is 6.10. The zero-order valence-electron chi connectivity index (χ0n) is 13.2. The van der Waals surface area contributed by atoms with E-state index >= 15 is 0 Å². The van der Waals surface area contributed by atoms with E-state index in [2.05, 4.69) is 31.3 Å². The van der Waals surface area contributed by atoms with Crippen molar-refractivity contribution >= 4 is 0 Å². The van der Waals surface area contributed by atoms with E-state index in [1.807, 2.05) is 36.4 Å². The summed E-state index contributed by atoms with van der Waals surface area (Å²) >= 11 is 0. The topological polar surface area (TPSA) is 20.2 Å². The zero-order chi connectivity index (χ0) is 15.3. The van der Waals surface area contributed by atoms with Gasteiger partial charge in [-0.15, -0.1) is 0 Å². The second-order valence-electron chi connectivity index (χ2n) is 7.45. The number of aliphatic hydroxyl groups is 1. The van der Waals surface area contributed by atoms with E-state index in [9.17, 15) is 5.11 Å². The summed E-state index contributed by atoms with van der Waals surface area (Å²) < 4.78 is 1.11. The van der Waals surface area contributed by atoms with E-state index in [0.29, 0.717) is 0 Å². The van der Waals surface area contributed by atoms with Gasteiger partial charge in [-0.3, -0.25) is 0 Å². The fourth-order valence-corrected chi connectivity index (χ4v) is 4.87. The molecule has 2 aliphatic rings. The second kappa shape index (κ2) is 4.68. The van der Waals surface area contributed by atoms with Crippen LogP contribution in [0.4, 0.5) is 0 Å². The number of nitrogens with zero attached hydrogens (tertiary/aromatic N) is 1. The van der Waals surface area contributed by atoms with Crippen molar-refractivity contribution in [1.82, 2.24) is 0 Å². The summed E-state index contributed by atoms with van der Waals surface area (Å²) in [6.45, 7) is 3.44. The quantitative estimate of drug-likeness (QED) is 0.862. The molecule has 0 saturated carbocycles. The van der Waals surface area contributed by atoms with E-state index in [0.717, 1.165) is 35.0 Å². The van der Waals surface area contributed by atoms with Crippen molar-refractivity contribution in [1.29, 1.82) is 0 Å². The van der Waals surface area contributed by atoms with Crippen molar-refractivity contribution in [3.05, 3.63) is 71.8 Å². The van der Waals surface area contributed by atoms with Crippen LogP contribution in [0.2, 0.25) is 0 Å². The highest BCUT2D eigenvalue weighted by molar-refractivity contribution is 5.39. The highest BCUT2D eigenvalue weighted by Gasteiger charge is 2.64. The number of hydrogen-bond donors (Lipinski definition) is 1. The molecule has 0 unspecified atom stereocenters. The zero-order valence-corrected chi connectivity index (χ0v) is 13.2. The molecule has 2 aromatic rings. The Hall–Kier alpha value is -1.64. The summed E-state index contributed by atoms with van der Waals surface area (Å²) in [5, 5.41) is 12.0. The largest absolute Gasteiger partial charge is 0.380 e. The Labute approximate surface area is 132 Å². The lowest BCUT2D eigenvalue weighted by molar-refractivity contribution is -0.890. The molecule has 0 spiro atoms. The summed E-state index contributed by atoms with van der Waals surface area (Å²) in [6, 6.07) is 20.5. The van der Waals surface area contributed by atoms with E-state index < -0.39 is 5.60 Å². The molecule has 2 aliphatic heterocycles. The van der Waals surface area contributed by atoms with Crippen LogP contribution in [0.3, 0.4) is 0 Å². The highest BCUT2D eigenvalue weighted by Crippen LogP contribution is 2.57. The Morgan fingerprint density at radius 3 is 1.68 bits per heavy atom. The third-order valence-corrected chi connectivity index (χ3v) is 6.10. The van der Waals surface area contributed by atoms with Gasteiger partial charge < -0.3 is 9.59 Å². The van der Waals surface area contributed by atoms with Crippen LogP contribution in [0.5, 0.6) is 0 Å². The van der Waals surface area contributed by atoms with Gasteiger partial charge in [0.25, 0.3) is 0 Å². The Balaban J connectivity index is 1.91. The van der Waals surface area contributed by atoms with Crippen LogP contribution in [-0.4, -0.2) is 36.3 Å². The van der Waals surface area contributed by atoms with Crippen molar-refractivity contribution in [2.45, 2.75) is 18.4 Å². The molecular weight excluding hydrogens is 270 g/mol. The van der Waals surface area contributed by atoms with Gasteiger partial charge in [0.1, 0.15) is 5.60 Å². The molecule has 0 aromatic heterocycles. The molecule has 2 aromatic carbocycles. The minimum atomic E-state index is -0.887. The third kappa shape index (κ3) is 1.81. The Morgan fingerprint density at radius 1 is 0.864 bits per heavy atom. The molecular formula is C20H24NO+. The standard InChI is InChI=1S/C20H24NO/c1-21-14-12-19(16-21,13-15-21)20(22,17-8-4-2-5-9-17)18-10-6-3-7-11-18/h2-11,22H,12-16H2,1H3/q+1. The number of benzene rings is 2. The first-order chi connectivity index (χ1) is 10.6. The van der Waals surface area contributed by atoms with Gasteiger partial charge in [0.2, 0.25) is 0 Å². The minimum Gasteiger partial charge on any atom is -0.380 e. The molecule has 2 nitrogen and oxygen atoms in total. The van der Waals surface area contributed by atoms with Crippen molar-refractivity contribution in [2.24, 2.45) is 5.41 Å². The molecule has 1 N–H and O–H groups in total. The molecule has 2 heterocycles. The molecule has 2 saturated heterocycles. The van der Waals surface area contributed by atoms with Gasteiger partial charge in [0, 0.05) is 12.8 Å². The van der Waals surface area contributed by atoms with Gasteiger partial charge in [0.05, 0.1) is 32.1 Å². The average molecular weight is 294 g/mol. The first kappa shape index (κ1) is 14.0. The number of hydrogen-bond acceptors (Lipinski definition) is 1. The predicted molar refractivity (Wildman–Crippen MR) is 88.3 cm³/mol. The lowest BCUT2D eigenvalue weighted by Crippen LogP contribution is -2.46. The molecule has 4 rings (SSSR count). The van der Waals surface area contributed by atoms with Crippen LogP contribution in [0.1, 0.15) is 24.0 Å². The molecule has 2 bridgehead atoms. The van der Waals surface area contributed by atoms with Crippen molar-refractivity contribution in [3.63, 3.8) is 0 Å². The number of rotatable bonds is 3. The van der Waals surface area contributed by atoms with E-state index in [4.69, 9.17) is 0 Å². The highest BCUT2D eigenvalue weighted by atomic mass is 16.3. The summed E-state index contributed by atoms with van der Waals surface area (Å²) in [5.74, 6) is 0. The Kier molecular flexibility index (Phi) is 2.97. The maximum Gasteiger partial charge on any atom is 0.126 e. The molecule has 0 amide bonds. The summed E-state index contributed by atoms with van der Waals surface area (Å²) in [6.07, 6.45) is 2.20. The molecule has 0 radical (unpaired) electrons. The maximum atomic E-state index is 12.0. The molecule has 22 heavy (non-hydrogen) atoms. The summed E-state index contributed by atoms with van der Waals surface area (Å²) in [7, 11) is 2.34. The van der Waals surface area contributed by atoms with Crippen LogP contribution >= 0.6 is 0 Å². The molecule has 0 aliphatic carbocycles. The maximum absolute atomic E-state index is 12.0. The monoisotopic (exact) mass is 294 g/mol. The number of fused-ring (bicyclic) bond motifs is 2. The molecule has 2 fully saturated rings. The van der Waals surface area contributed by atoms with Crippen LogP contribution in [0.15, 0.2) is 60.7 Å². The van der Waals surface area contributed by atoms with Crippen LogP contribution in [-0.2, 0) is 5.60 Å². The summed E-state index contributed by atoms with van der Waals surface area (Å²) in [4.78, 5) is 0. The van der Waals surface area contributed by atoms with E-state index in [1.54, 1.807) is 0 Å². The summed E-state index contributed by atoms with van der Waals surface area (Å²) in [5.41, 5.74) is 1.15. The smallest absolute Gasteiger partial charge is 0.126 e. The molecule has 2 heteroatoms. The van der Waals surface area contributed by atoms with Crippen molar-refractivity contribution in [3.8, 4) is 0 Å². The lowest BCUT2D eigenvalue weighted by Gasteiger charge is -2.42. The SMILES string of the molecule is C[N+]12CCC(C(O)(c3ccccc3)c3ccccc3)(CC1)C2. The van der Waals surface area contributed by atoms with Crippen LogP contribution in [0, 0.1) is 5.41 Å². The van der Waals surface area contributed by atoms with Crippen molar-refractivity contribution < 1.29 is 9.59 Å². The van der Waals surface area contributed by atoms with E-state index in [1.165, 1.54) is 13.1 Å². The fraction of sp³-hybridized carbons (Fsp3) is 0.400. The predicted octanol–water partition coefficient (Wildman–Crippen LogP) is 3.16. The van der Waals surface area contributed by atoms with Gasteiger partial charge in [-0.05, 0) is 11.1 Å². The van der Waals surface area contributed by atoms with Gasteiger partial charge in [0.15, 0.2) is 0 Å². The van der Waals surface area contributed by atoms with Crippen LogP contribution < -0.4 is 0 Å².